The molecule has 0 saturated carbocycles. The van der Waals surface area contributed by atoms with Crippen molar-refractivity contribution < 1.29 is 19.4 Å². The molecule has 0 bridgehead atoms. The van der Waals surface area contributed by atoms with Crippen molar-refractivity contribution in [2.24, 2.45) is 7.05 Å². The minimum atomic E-state index is -0.468. The number of aromatic nitrogens is 1. The number of nitrogens with zero attached hydrogens (tertiary/aromatic N) is 3. The van der Waals surface area contributed by atoms with E-state index < -0.39 is 4.92 Å². The molecule has 0 atom stereocenters. The lowest BCUT2D eigenvalue weighted by Gasteiger charge is -2.22. The number of hydrogen-bond acceptors (Lipinski definition) is 4. The second-order valence-electron chi connectivity index (χ2n) is 8.81. The van der Waals surface area contributed by atoms with Gasteiger partial charge in [-0.3, -0.25) is 14.9 Å². The highest BCUT2D eigenvalue weighted by Gasteiger charge is 2.45. The van der Waals surface area contributed by atoms with Crippen molar-refractivity contribution in [3.05, 3.63) is 87.3 Å². The van der Waals surface area contributed by atoms with Gasteiger partial charge < -0.3 is 9.67 Å². The summed E-state index contributed by atoms with van der Waals surface area (Å²) in [5.74, 6) is -0.351. The van der Waals surface area contributed by atoms with Gasteiger partial charge in [0.05, 0.1) is 21.5 Å². The third-order valence-corrected chi connectivity index (χ3v) is 6.64. The molecule has 7 heteroatoms. The normalized spacial score (nSPS) is 18.5. The van der Waals surface area contributed by atoms with E-state index in [0.29, 0.717) is 10.9 Å². The van der Waals surface area contributed by atoms with Crippen LogP contribution < -0.4 is 0 Å². The molecule has 3 aromatic rings. The van der Waals surface area contributed by atoms with Crippen LogP contribution in [-0.2, 0) is 17.3 Å². The van der Waals surface area contributed by atoms with Gasteiger partial charge in [0.15, 0.2) is 5.71 Å². The summed E-state index contributed by atoms with van der Waals surface area (Å²) in [5.41, 5.74) is 4.46. The molecule has 0 fully saturated rings. The third-order valence-electron chi connectivity index (χ3n) is 6.64. The van der Waals surface area contributed by atoms with E-state index in [1.807, 2.05) is 29.8 Å². The van der Waals surface area contributed by atoms with Crippen molar-refractivity contribution in [3.63, 3.8) is 0 Å². The first-order valence-electron chi connectivity index (χ1n) is 10.3. The van der Waals surface area contributed by atoms with E-state index >= 15 is 0 Å². The number of hydrogen-bond donors (Lipinski definition) is 1. The first-order chi connectivity index (χ1) is 15.1. The summed E-state index contributed by atoms with van der Waals surface area (Å²) >= 11 is 0. The van der Waals surface area contributed by atoms with E-state index in [0.717, 1.165) is 22.5 Å². The summed E-state index contributed by atoms with van der Waals surface area (Å²) in [6, 6.07) is 12.6. The van der Waals surface area contributed by atoms with Crippen molar-refractivity contribution in [1.82, 2.24) is 4.57 Å². The Morgan fingerprint density at radius 2 is 1.91 bits per heavy atom. The number of nitro groups is 1. The number of carbonyl (C=O) groups is 1. The van der Waals surface area contributed by atoms with E-state index in [-0.39, 0.29) is 33.8 Å². The number of ketones is 1. The monoisotopic (exact) mass is 428 g/mol. The van der Waals surface area contributed by atoms with E-state index in [2.05, 4.69) is 19.9 Å². The number of allylic oxidation sites excluding steroid dienone is 3. The predicted molar refractivity (Wildman–Crippen MR) is 123 cm³/mol. The highest BCUT2D eigenvalue weighted by Crippen LogP contribution is 2.43. The number of benzene rings is 2. The fourth-order valence-corrected chi connectivity index (χ4v) is 4.89. The van der Waals surface area contributed by atoms with Crippen molar-refractivity contribution in [2.75, 3.05) is 7.05 Å². The van der Waals surface area contributed by atoms with Crippen LogP contribution >= 0.6 is 0 Å². The maximum atomic E-state index is 13.2. The summed E-state index contributed by atoms with van der Waals surface area (Å²) in [5, 5.41) is 22.7. The zero-order chi connectivity index (χ0) is 22.9. The molecule has 1 aromatic heterocycles. The number of carbonyl (C=O) groups excluding carboxylic acids is 1. The Bertz CT molecular complexity index is 1470. The third kappa shape index (κ3) is 2.54. The predicted octanol–water partition coefficient (Wildman–Crippen LogP) is 4.57. The average Bonchev–Trinajstić information content (AvgIpc) is 3.18. The highest BCUT2D eigenvalue weighted by molar-refractivity contribution is 6.41. The van der Waals surface area contributed by atoms with Gasteiger partial charge >= 0.3 is 0 Å². The molecule has 160 valence electrons. The number of aliphatic hydroxyl groups excluding tert-OH is 1. The van der Waals surface area contributed by atoms with Crippen LogP contribution in [0.4, 0.5) is 11.4 Å². The SMILES string of the molecule is Cn1cc(C2=C(O)C(=CC3=[N+](C)c4ccccc4C3(C)C)C2=O)c2cc([N+](=O)[O-])ccc21. The van der Waals surface area contributed by atoms with Gasteiger partial charge in [-0.2, -0.15) is 4.58 Å². The van der Waals surface area contributed by atoms with Crippen LogP contribution in [0.2, 0.25) is 0 Å². The Balaban J connectivity index is 1.63. The highest BCUT2D eigenvalue weighted by atomic mass is 16.6. The molecule has 0 saturated heterocycles. The van der Waals surface area contributed by atoms with Crippen molar-refractivity contribution >= 4 is 39.3 Å². The maximum absolute atomic E-state index is 13.2. The first kappa shape index (κ1) is 19.9. The van der Waals surface area contributed by atoms with Gasteiger partial charge in [-0.05, 0) is 19.9 Å². The molecule has 2 heterocycles. The summed E-state index contributed by atoms with van der Waals surface area (Å²) < 4.78 is 3.84. The molecule has 0 spiro atoms. The second kappa shape index (κ2) is 6.50. The van der Waals surface area contributed by atoms with E-state index in [1.54, 1.807) is 30.0 Å². The molecule has 32 heavy (non-hydrogen) atoms. The molecule has 2 aliphatic rings. The second-order valence-corrected chi connectivity index (χ2v) is 8.81. The van der Waals surface area contributed by atoms with Gasteiger partial charge in [0.2, 0.25) is 11.5 Å². The Hall–Kier alpha value is -4.00. The van der Waals surface area contributed by atoms with Gasteiger partial charge in [0.1, 0.15) is 12.8 Å². The van der Waals surface area contributed by atoms with Crippen molar-refractivity contribution in [3.8, 4) is 0 Å². The van der Waals surface area contributed by atoms with E-state index in [4.69, 9.17) is 0 Å². The summed E-state index contributed by atoms with van der Waals surface area (Å²) in [6.45, 7) is 4.19. The average molecular weight is 428 g/mol. The quantitative estimate of drug-likeness (QED) is 0.286. The van der Waals surface area contributed by atoms with Crippen LogP contribution in [0.1, 0.15) is 25.0 Å². The zero-order valence-corrected chi connectivity index (χ0v) is 18.2. The number of aryl methyl sites for hydroxylation is 1. The van der Waals surface area contributed by atoms with Crippen LogP contribution in [-0.4, -0.2) is 37.7 Å². The molecule has 1 N–H and O–H groups in total. The largest absolute Gasteiger partial charge is 0.506 e. The Kier molecular flexibility index (Phi) is 4.05. The molecule has 0 amide bonds. The summed E-state index contributed by atoms with van der Waals surface area (Å²) in [6.07, 6.45) is 3.48. The van der Waals surface area contributed by atoms with Crippen LogP contribution in [0.25, 0.3) is 16.5 Å². The maximum Gasteiger partial charge on any atom is 0.270 e. The van der Waals surface area contributed by atoms with Gasteiger partial charge in [-0.1, -0.05) is 18.2 Å². The molecule has 1 aliphatic heterocycles. The molecule has 7 nitrogen and oxygen atoms in total. The van der Waals surface area contributed by atoms with Crippen molar-refractivity contribution in [2.45, 2.75) is 19.3 Å². The molecule has 5 rings (SSSR count). The number of nitro benzene ring substituents is 1. The standard InChI is InChI=1S/C25H21N3O4/c1-25(2)18-7-5-6-8-20(18)27(4)21(25)12-16-23(29)22(24(16)30)17-13-26(3)19-10-9-14(28(31)32)11-15(17)19/h5-13H,1-4H3/p+1. The number of fused-ring (bicyclic) bond motifs is 2. The Labute approximate surface area is 184 Å². The van der Waals surface area contributed by atoms with Gasteiger partial charge in [-0.25, -0.2) is 0 Å². The number of Topliss-reactive ketones (excluding diaryl/α,β-unsaturated/α-hetero) is 1. The van der Waals surface area contributed by atoms with Crippen molar-refractivity contribution in [1.29, 1.82) is 0 Å². The number of rotatable bonds is 3. The molecule has 1 aliphatic carbocycles. The number of non-ortho nitro benzene ring substituents is 1. The van der Waals surface area contributed by atoms with Crippen LogP contribution in [0.3, 0.4) is 0 Å². The molecule has 2 aromatic carbocycles. The fraction of sp³-hybridized carbons (Fsp3) is 0.200. The number of aliphatic hydroxyl groups is 1. The summed E-state index contributed by atoms with van der Waals surface area (Å²) in [7, 11) is 3.76. The fourth-order valence-electron chi connectivity index (χ4n) is 4.89. The smallest absolute Gasteiger partial charge is 0.270 e. The van der Waals surface area contributed by atoms with Crippen LogP contribution in [0.5, 0.6) is 0 Å². The van der Waals surface area contributed by atoms with Gasteiger partial charge in [0, 0.05) is 59.5 Å². The minimum Gasteiger partial charge on any atom is -0.506 e. The van der Waals surface area contributed by atoms with Crippen LogP contribution in [0.15, 0.2) is 66.1 Å². The lowest BCUT2D eigenvalue weighted by molar-refractivity contribution is -0.401. The van der Waals surface area contributed by atoms with Gasteiger partial charge in [-0.15, -0.1) is 0 Å². The molecular weight excluding hydrogens is 406 g/mol. The molecule has 0 radical (unpaired) electrons. The topological polar surface area (TPSA) is 88.4 Å². The lowest BCUT2D eigenvalue weighted by atomic mass is 9.77. The van der Waals surface area contributed by atoms with E-state index in [9.17, 15) is 20.0 Å². The minimum absolute atomic E-state index is 0.0600. The molecular formula is C25H22N3O4+. The lowest BCUT2D eigenvalue weighted by Crippen LogP contribution is -2.30. The Morgan fingerprint density at radius 1 is 1.19 bits per heavy atom. The van der Waals surface area contributed by atoms with Gasteiger partial charge in [0.25, 0.3) is 5.69 Å². The summed E-state index contributed by atoms with van der Waals surface area (Å²) in [4.78, 5) is 23.9. The first-order valence-corrected chi connectivity index (χ1v) is 10.3. The molecule has 0 unspecified atom stereocenters. The number of para-hydroxylation sites is 1. The van der Waals surface area contributed by atoms with E-state index in [1.165, 1.54) is 12.1 Å². The Morgan fingerprint density at radius 3 is 2.56 bits per heavy atom. The van der Waals surface area contributed by atoms with Crippen LogP contribution in [0, 0.1) is 10.1 Å². The zero-order valence-electron chi connectivity index (χ0n) is 18.2.